The second kappa shape index (κ2) is 68.5. The van der Waals surface area contributed by atoms with Gasteiger partial charge < -0.3 is 24.3 Å². The summed E-state index contributed by atoms with van der Waals surface area (Å²) in [5.41, 5.74) is 0. The van der Waals surface area contributed by atoms with Crippen molar-refractivity contribution in [3.63, 3.8) is 0 Å². The van der Waals surface area contributed by atoms with Crippen molar-refractivity contribution in [2.75, 3.05) is 69.6 Å². The van der Waals surface area contributed by atoms with Gasteiger partial charge in [0.25, 0.3) is 0 Å². The first-order chi connectivity index (χ1) is 36.0. The molecule has 438 valence electrons. The number of unbranched alkanes of at least 4 members (excludes halogenated alkanes) is 33. The number of thioether (sulfide) groups is 4. The molecule has 0 aliphatic heterocycles. The van der Waals surface area contributed by atoms with E-state index in [2.05, 4.69) is 79.6 Å². The highest BCUT2D eigenvalue weighted by molar-refractivity contribution is 8.17. The normalized spacial score (nSPS) is 11.6. The molecule has 73 heavy (non-hydrogen) atoms. The highest BCUT2D eigenvalue weighted by atomic mass is 32.2. The minimum Gasteiger partial charge on any atom is -0.466 e. The topological polar surface area (TPSA) is 76.1 Å². The predicted octanol–water partition coefficient (Wildman–Crippen LogP) is 20.5. The first kappa shape index (κ1) is 75.5. The summed E-state index contributed by atoms with van der Waals surface area (Å²) >= 11 is 8.41. The molecule has 1 N–H and O–H groups in total. The van der Waals surface area contributed by atoms with Gasteiger partial charge in [-0.1, -0.05) is 220 Å². The molecule has 0 atom stereocenters. The van der Waals surface area contributed by atoms with Gasteiger partial charge in [0.2, 0.25) is 0 Å². The summed E-state index contributed by atoms with van der Waals surface area (Å²) in [6, 6.07) is 0. The number of nitrogens with zero attached hydrogens (tertiary/aromatic N) is 1. The SMILES string of the molecule is CCCCCCCCCSC(CCC(=O)OCCCCCCCN(CCCCO)CCCCCCCOC)SCCCCCCCCC.CCCCCCCCCSC(CCC=O)SCCCCCCCCC. The second-order valence-corrected chi connectivity index (χ2v) is 27.0. The van der Waals surface area contributed by atoms with Gasteiger partial charge in [0.05, 0.1) is 15.8 Å². The van der Waals surface area contributed by atoms with E-state index in [1.165, 1.54) is 267 Å². The van der Waals surface area contributed by atoms with E-state index in [9.17, 15) is 14.7 Å². The lowest BCUT2D eigenvalue weighted by molar-refractivity contribution is -0.143. The number of carbonyl (C=O) groups excluding carboxylic acids is 2. The van der Waals surface area contributed by atoms with Crippen molar-refractivity contribution in [3.8, 4) is 0 Å². The van der Waals surface area contributed by atoms with Gasteiger partial charge in [0, 0.05) is 33.2 Å². The van der Waals surface area contributed by atoms with E-state index in [0.29, 0.717) is 28.8 Å². The molecule has 0 saturated carbocycles. The van der Waals surface area contributed by atoms with Crippen LogP contribution >= 0.6 is 47.0 Å². The number of rotatable bonds is 62. The van der Waals surface area contributed by atoms with E-state index >= 15 is 0 Å². The van der Waals surface area contributed by atoms with Crippen LogP contribution in [0.1, 0.15) is 310 Å². The van der Waals surface area contributed by atoms with Crippen molar-refractivity contribution in [1.29, 1.82) is 0 Å². The molecule has 0 aliphatic rings. The predicted molar refractivity (Wildman–Crippen MR) is 336 cm³/mol. The molecule has 0 aliphatic carbocycles. The van der Waals surface area contributed by atoms with Crippen molar-refractivity contribution >= 4 is 59.3 Å². The Hall–Kier alpha value is 0.420. The molecule has 0 heterocycles. The Bertz CT molecular complexity index is 990. The molecule has 0 amide bonds. The summed E-state index contributed by atoms with van der Waals surface area (Å²) in [6.45, 7) is 14.3. The highest BCUT2D eigenvalue weighted by Crippen LogP contribution is 2.31. The van der Waals surface area contributed by atoms with Crippen LogP contribution in [0.25, 0.3) is 0 Å². The zero-order chi connectivity index (χ0) is 53.4. The molecule has 0 bridgehead atoms. The maximum Gasteiger partial charge on any atom is 0.305 e. The number of aliphatic hydroxyl groups is 1. The Morgan fingerprint density at radius 3 is 1.10 bits per heavy atom. The largest absolute Gasteiger partial charge is 0.466 e. The Balaban J connectivity index is 0. The molecule has 0 aromatic carbocycles. The van der Waals surface area contributed by atoms with Crippen LogP contribution in [0.2, 0.25) is 0 Å². The molecule has 6 nitrogen and oxygen atoms in total. The van der Waals surface area contributed by atoms with E-state index < -0.39 is 0 Å². The number of ether oxygens (including phenoxy) is 2. The summed E-state index contributed by atoms with van der Waals surface area (Å²) < 4.78 is 12.0. The second-order valence-electron chi connectivity index (χ2n) is 21.1. The van der Waals surface area contributed by atoms with E-state index in [-0.39, 0.29) is 5.97 Å². The molecule has 0 rings (SSSR count). The molecule has 0 saturated heterocycles. The number of esters is 1. The average molecular weight is 1110 g/mol. The van der Waals surface area contributed by atoms with Crippen LogP contribution in [-0.2, 0) is 19.1 Å². The molecule has 10 heteroatoms. The lowest BCUT2D eigenvalue weighted by Crippen LogP contribution is -2.27. The fraction of sp³-hybridized carbons (Fsp3) is 0.968. The number of methoxy groups -OCH3 is 1. The zero-order valence-corrected chi connectivity index (χ0v) is 52.8. The third-order valence-corrected chi connectivity index (χ3v) is 20.1. The Labute approximate surface area is 474 Å². The maximum absolute atomic E-state index is 12.6. The van der Waals surface area contributed by atoms with Crippen molar-refractivity contribution in [3.05, 3.63) is 0 Å². The third kappa shape index (κ3) is 64.8. The summed E-state index contributed by atoms with van der Waals surface area (Å²) in [4.78, 5) is 25.9. The number of aliphatic hydroxyl groups excluding tert-OH is 1. The number of carbonyl (C=O) groups is 2. The van der Waals surface area contributed by atoms with Crippen LogP contribution in [-0.4, -0.2) is 101 Å². The van der Waals surface area contributed by atoms with Crippen LogP contribution in [0.15, 0.2) is 0 Å². The maximum atomic E-state index is 12.6. The van der Waals surface area contributed by atoms with Gasteiger partial charge in [-0.15, -0.1) is 47.0 Å². The molecule has 0 fully saturated rings. The van der Waals surface area contributed by atoms with Crippen molar-refractivity contribution in [2.24, 2.45) is 0 Å². The molecular formula is C63H127NO5S4. The Morgan fingerprint density at radius 1 is 0.425 bits per heavy atom. The lowest BCUT2D eigenvalue weighted by Gasteiger charge is -2.22. The van der Waals surface area contributed by atoms with Crippen LogP contribution in [0.3, 0.4) is 0 Å². The monoisotopic (exact) mass is 1110 g/mol. The van der Waals surface area contributed by atoms with Gasteiger partial charge >= 0.3 is 5.97 Å². The smallest absolute Gasteiger partial charge is 0.305 e. The minimum absolute atomic E-state index is 0.00488. The fourth-order valence-corrected chi connectivity index (χ4v) is 14.7. The summed E-state index contributed by atoms with van der Waals surface area (Å²) in [7, 11) is 1.78. The van der Waals surface area contributed by atoms with Crippen LogP contribution in [0.4, 0.5) is 0 Å². The molecule has 0 aromatic heterocycles. The Kier molecular flexibility index (Phi) is 70.9. The molecule has 0 radical (unpaired) electrons. The number of aldehydes is 1. The third-order valence-electron chi connectivity index (χ3n) is 13.9. The van der Waals surface area contributed by atoms with Gasteiger partial charge in [0.1, 0.15) is 6.29 Å². The van der Waals surface area contributed by atoms with E-state index in [0.717, 1.165) is 64.4 Å². The molecular weight excluding hydrogens is 979 g/mol. The standard InChI is InChI=1S/C41H83NO4S2.C22H44OS2/c1-4-6-8-10-12-20-28-38-47-41(48-39-29-21-13-11-9-7-5-2)31-30-40(44)46-37-27-19-15-17-23-33-42(34-24-25-35-43)32-22-16-14-18-26-36-45-3;1-3-5-7-9-11-13-15-20-24-22(18-17-19-23)25-21-16-14-12-10-8-6-4-2/h41,43H,4-39H2,1-3H3;19,22H,3-18,20-21H2,1-2H3. The number of hydrogen-bond acceptors (Lipinski definition) is 10. The molecule has 0 spiro atoms. The quantitative estimate of drug-likeness (QED) is 0.0275. The van der Waals surface area contributed by atoms with Crippen LogP contribution in [0.5, 0.6) is 0 Å². The van der Waals surface area contributed by atoms with E-state index in [1.54, 1.807) is 7.11 Å². The van der Waals surface area contributed by atoms with Crippen LogP contribution < -0.4 is 0 Å². The highest BCUT2D eigenvalue weighted by Gasteiger charge is 2.14. The van der Waals surface area contributed by atoms with Crippen molar-refractivity contribution in [1.82, 2.24) is 4.90 Å². The molecule has 0 aromatic rings. The summed E-state index contributed by atoms with van der Waals surface area (Å²) in [5.74, 6) is 5.02. The molecule has 0 unspecified atom stereocenters. The minimum atomic E-state index is 0.00488. The number of hydrogen-bond donors (Lipinski definition) is 1. The van der Waals surface area contributed by atoms with Crippen molar-refractivity contribution < 1.29 is 24.2 Å². The van der Waals surface area contributed by atoms with E-state index in [1.807, 2.05) is 0 Å². The van der Waals surface area contributed by atoms with E-state index in [4.69, 9.17) is 9.47 Å². The average Bonchev–Trinajstić information content (AvgIpc) is 3.40. The van der Waals surface area contributed by atoms with Gasteiger partial charge in [-0.2, -0.15) is 0 Å². The Morgan fingerprint density at radius 2 is 0.740 bits per heavy atom. The zero-order valence-electron chi connectivity index (χ0n) is 49.6. The van der Waals surface area contributed by atoms with Gasteiger partial charge in [0.15, 0.2) is 0 Å². The lowest BCUT2D eigenvalue weighted by atomic mass is 10.1. The summed E-state index contributed by atoms with van der Waals surface area (Å²) in [5, 5.41) is 9.19. The van der Waals surface area contributed by atoms with Crippen molar-refractivity contribution in [2.45, 2.75) is 319 Å². The summed E-state index contributed by atoms with van der Waals surface area (Å²) in [6.07, 6.45) is 57.0. The van der Waals surface area contributed by atoms with Gasteiger partial charge in [-0.05, 0) is 120 Å². The van der Waals surface area contributed by atoms with Crippen LogP contribution in [0, 0.1) is 0 Å². The van der Waals surface area contributed by atoms with Gasteiger partial charge in [-0.25, -0.2) is 0 Å². The van der Waals surface area contributed by atoms with Gasteiger partial charge in [-0.3, -0.25) is 4.79 Å². The first-order valence-corrected chi connectivity index (χ1v) is 36.1. The fourth-order valence-electron chi connectivity index (χ4n) is 9.09. The first-order valence-electron chi connectivity index (χ1n) is 31.9.